The van der Waals surface area contributed by atoms with E-state index in [-0.39, 0.29) is 5.91 Å². The molecule has 0 aliphatic rings. The molecule has 0 heterocycles. The van der Waals surface area contributed by atoms with Crippen molar-refractivity contribution < 1.29 is 14.4 Å². The van der Waals surface area contributed by atoms with Gasteiger partial charge in [0.15, 0.2) is 0 Å². The number of rotatable bonds is 6. The number of nitrogens with one attached hydrogen (secondary N) is 1. The molecule has 1 rings (SSSR count). The Labute approximate surface area is 108 Å². The molecule has 1 amide bonds. The quantitative estimate of drug-likeness (QED) is 0.622. The average Bonchev–Trinajstić information content (AvgIpc) is 2.36. The molecular weight excluding hydrogens is 230 g/mol. The van der Waals surface area contributed by atoms with Crippen LogP contribution in [0, 0.1) is 5.92 Å². The molecule has 18 heavy (non-hydrogen) atoms. The molecule has 1 aromatic rings. The van der Waals surface area contributed by atoms with E-state index in [1.165, 1.54) is 6.08 Å². The third kappa shape index (κ3) is 5.01. The highest BCUT2D eigenvalue weighted by atomic mass is 16.6. The fourth-order valence-electron chi connectivity index (χ4n) is 1.28. The lowest BCUT2D eigenvalue weighted by molar-refractivity contribution is -0.129. The highest BCUT2D eigenvalue weighted by Gasteiger charge is 2.00. The van der Waals surface area contributed by atoms with Gasteiger partial charge >= 0.3 is 0 Å². The van der Waals surface area contributed by atoms with E-state index in [2.05, 4.69) is 5.48 Å². The summed E-state index contributed by atoms with van der Waals surface area (Å²) in [5, 5.41) is 0. The molecule has 0 bridgehead atoms. The molecule has 0 spiro atoms. The van der Waals surface area contributed by atoms with Crippen LogP contribution in [-0.4, -0.2) is 19.6 Å². The molecule has 0 fully saturated rings. The predicted molar refractivity (Wildman–Crippen MR) is 71.0 cm³/mol. The maximum Gasteiger partial charge on any atom is 0.267 e. The lowest BCUT2D eigenvalue weighted by Crippen LogP contribution is -2.23. The van der Waals surface area contributed by atoms with Crippen LogP contribution in [0.25, 0.3) is 6.08 Å². The number of para-hydroxylation sites is 1. The lowest BCUT2D eigenvalue weighted by atomic mass is 10.2. The number of ether oxygens (including phenoxy) is 1. The van der Waals surface area contributed by atoms with Crippen molar-refractivity contribution in [2.75, 3.05) is 13.7 Å². The Kier molecular flexibility index (Phi) is 5.94. The molecule has 0 aliphatic carbocycles. The molecule has 4 nitrogen and oxygen atoms in total. The fourth-order valence-corrected chi connectivity index (χ4v) is 1.28. The van der Waals surface area contributed by atoms with Gasteiger partial charge in [-0.05, 0) is 18.1 Å². The van der Waals surface area contributed by atoms with E-state index >= 15 is 0 Å². The van der Waals surface area contributed by atoms with E-state index in [1.807, 2.05) is 38.1 Å². The Bertz CT molecular complexity index is 413. The first-order chi connectivity index (χ1) is 8.63. The second-order valence-electron chi connectivity index (χ2n) is 4.25. The Morgan fingerprint density at radius 2 is 2.11 bits per heavy atom. The first-order valence-corrected chi connectivity index (χ1v) is 5.86. The molecular formula is C14H19NO3. The highest BCUT2D eigenvalue weighted by molar-refractivity contribution is 5.91. The van der Waals surface area contributed by atoms with Crippen molar-refractivity contribution in [2.24, 2.45) is 5.92 Å². The van der Waals surface area contributed by atoms with Gasteiger partial charge in [0.25, 0.3) is 5.91 Å². The molecule has 0 atom stereocenters. The molecule has 4 heteroatoms. The SMILES string of the molecule is COc1ccccc1/C=C/C(=O)NOCC(C)C. The van der Waals surface area contributed by atoms with Gasteiger partial charge in [0, 0.05) is 11.6 Å². The van der Waals surface area contributed by atoms with Crippen LogP contribution in [0.15, 0.2) is 30.3 Å². The molecule has 1 N–H and O–H groups in total. The number of amides is 1. The largest absolute Gasteiger partial charge is 0.496 e. The van der Waals surface area contributed by atoms with Gasteiger partial charge in [0.2, 0.25) is 0 Å². The monoisotopic (exact) mass is 249 g/mol. The maximum atomic E-state index is 11.4. The zero-order valence-electron chi connectivity index (χ0n) is 11.0. The number of hydroxylamine groups is 1. The summed E-state index contributed by atoms with van der Waals surface area (Å²) in [7, 11) is 1.60. The van der Waals surface area contributed by atoms with Crippen LogP contribution in [0.4, 0.5) is 0 Å². The summed E-state index contributed by atoms with van der Waals surface area (Å²) >= 11 is 0. The van der Waals surface area contributed by atoms with Crippen LogP contribution in [0.5, 0.6) is 5.75 Å². The molecule has 98 valence electrons. The third-order valence-corrected chi connectivity index (χ3v) is 2.14. The molecule has 0 aliphatic heterocycles. The maximum absolute atomic E-state index is 11.4. The number of hydrogen-bond acceptors (Lipinski definition) is 3. The van der Waals surface area contributed by atoms with Crippen molar-refractivity contribution in [1.29, 1.82) is 0 Å². The van der Waals surface area contributed by atoms with E-state index in [4.69, 9.17) is 9.57 Å². The second kappa shape index (κ2) is 7.50. The normalized spacial score (nSPS) is 10.9. The fraction of sp³-hybridized carbons (Fsp3) is 0.357. The van der Waals surface area contributed by atoms with Crippen molar-refractivity contribution in [1.82, 2.24) is 5.48 Å². The highest BCUT2D eigenvalue weighted by Crippen LogP contribution is 2.18. The van der Waals surface area contributed by atoms with Crippen LogP contribution >= 0.6 is 0 Å². The van der Waals surface area contributed by atoms with E-state index in [1.54, 1.807) is 13.2 Å². The summed E-state index contributed by atoms with van der Waals surface area (Å²) in [6.45, 7) is 4.52. The van der Waals surface area contributed by atoms with Crippen LogP contribution in [-0.2, 0) is 9.63 Å². The van der Waals surface area contributed by atoms with Gasteiger partial charge in [-0.25, -0.2) is 5.48 Å². The molecule has 0 radical (unpaired) electrons. The topological polar surface area (TPSA) is 47.6 Å². The van der Waals surface area contributed by atoms with E-state index in [9.17, 15) is 4.79 Å². The van der Waals surface area contributed by atoms with Crippen LogP contribution in [0.1, 0.15) is 19.4 Å². The van der Waals surface area contributed by atoms with Gasteiger partial charge in [-0.1, -0.05) is 32.0 Å². The smallest absolute Gasteiger partial charge is 0.267 e. The van der Waals surface area contributed by atoms with E-state index in [0.717, 1.165) is 11.3 Å². The minimum atomic E-state index is -0.290. The van der Waals surface area contributed by atoms with Gasteiger partial charge < -0.3 is 4.74 Å². The minimum Gasteiger partial charge on any atom is -0.496 e. The van der Waals surface area contributed by atoms with Gasteiger partial charge in [0.1, 0.15) is 5.75 Å². The molecule has 0 saturated carbocycles. The van der Waals surface area contributed by atoms with Gasteiger partial charge in [-0.15, -0.1) is 0 Å². The average molecular weight is 249 g/mol. The summed E-state index contributed by atoms with van der Waals surface area (Å²) in [5.41, 5.74) is 3.20. The first kappa shape index (κ1) is 14.3. The van der Waals surface area contributed by atoms with Crippen LogP contribution in [0.2, 0.25) is 0 Å². The zero-order valence-corrected chi connectivity index (χ0v) is 11.0. The summed E-state index contributed by atoms with van der Waals surface area (Å²) in [5.74, 6) is 0.815. The number of carbonyl (C=O) groups excluding carboxylic acids is 1. The van der Waals surface area contributed by atoms with Crippen molar-refractivity contribution in [3.63, 3.8) is 0 Å². The van der Waals surface area contributed by atoms with E-state index in [0.29, 0.717) is 12.5 Å². The standard InChI is InChI=1S/C14H19NO3/c1-11(2)10-18-15-14(16)9-8-12-6-4-5-7-13(12)17-3/h4-9,11H,10H2,1-3H3,(H,15,16)/b9-8+. The Morgan fingerprint density at radius 1 is 1.39 bits per heavy atom. The third-order valence-electron chi connectivity index (χ3n) is 2.14. The number of hydrogen-bond donors (Lipinski definition) is 1. The van der Waals surface area contributed by atoms with Crippen molar-refractivity contribution in [3.8, 4) is 5.75 Å². The van der Waals surface area contributed by atoms with Crippen molar-refractivity contribution >= 4 is 12.0 Å². The minimum absolute atomic E-state index is 0.290. The number of benzene rings is 1. The zero-order chi connectivity index (χ0) is 13.4. The van der Waals surface area contributed by atoms with E-state index < -0.39 is 0 Å². The first-order valence-electron chi connectivity index (χ1n) is 5.86. The van der Waals surface area contributed by atoms with Crippen molar-refractivity contribution in [2.45, 2.75) is 13.8 Å². The number of methoxy groups -OCH3 is 1. The van der Waals surface area contributed by atoms with Gasteiger partial charge in [0.05, 0.1) is 13.7 Å². The summed E-state index contributed by atoms with van der Waals surface area (Å²) in [6.07, 6.45) is 3.10. The summed E-state index contributed by atoms with van der Waals surface area (Å²) < 4.78 is 5.18. The van der Waals surface area contributed by atoms with Crippen molar-refractivity contribution in [3.05, 3.63) is 35.9 Å². The molecule has 0 aromatic heterocycles. The van der Waals surface area contributed by atoms with Gasteiger partial charge in [-0.3, -0.25) is 9.63 Å². The molecule has 0 saturated heterocycles. The molecule has 1 aromatic carbocycles. The molecule has 0 unspecified atom stereocenters. The summed E-state index contributed by atoms with van der Waals surface area (Å²) in [6, 6.07) is 7.47. The lowest BCUT2D eigenvalue weighted by Gasteiger charge is -2.06. The number of carbonyl (C=O) groups is 1. The summed E-state index contributed by atoms with van der Waals surface area (Å²) in [4.78, 5) is 16.5. The van der Waals surface area contributed by atoms with Crippen LogP contribution < -0.4 is 10.2 Å². The Morgan fingerprint density at radius 3 is 2.78 bits per heavy atom. The van der Waals surface area contributed by atoms with Crippen LogP contribution in [0.3, 0.4) is 0 Å². The Hall–Kier alpha value is -1.81. The predicted octanol–water partition coefficient (Wildman–Crippen LogP) is 2.41. The Balaban J connectivity index is 2.50. The second-order valence-corrected chi connectivity index (χ2v) is 4.25. The van der Waals surface area contributed by atoms with Gasteiger partial charge in [-0.2, -0.15) is 0 Å².